The first-order chi connectivity index (χ1) is 10.1. The average molecular weight is 295 g/mol. The Labute approximate surface area is 125 Å². The molecule has 0 spiro atoms. The van der Waals surface area contributed by atoms with Crippen LogP contribution in [-0.2, 0) is 6.54 Å². The maximum atomic E-state index is 11.4. The van der Waals surface area contributed by atoms with Crippen molar-refractivity contribution in [3.8, 4) is 0 Å². The zero-order chi connectivity index (χ0) is 15.4. The molecule has 118 valence electrons. The van der Waals surface area contributed by atoms with Crippen molar-refractivity contribution in [3.63, 3.8) is 0 Å². The lowest BCUT2D eigenvalue weighted by atomic mass is 9.97. The van der Waals surface area contributed by atoms with E-state index < -0.39 is 0 Å². The number of anilines is 1. The highest BCUT2D eigenvalue weighted by atomic mass is 16.6. The molecule has 1 aromatic heterocycles. The molecule has 1 N–H and O–H groups in total. The van der Waals surface area contributed by atoms with E-state index in [1.165, 1.54) is 0 Å². The number of hydrogen-bond donors (Lipinski definition) is 1. The summed E-state index contributed by atoms with van der Waals surface area (Å²) in [5, 5.41) is 19.0. The summed E-state index contributed by atoms with van der Waals surface area (Å²) in [7, 11) is 1.97. The van der Waals surface area contributed by atoms with Crippen molar-refractivity contribution < 1.29 is 4.92 Å². The van der Waals surface area contributed by atoms with Crippen molar-refractivity contribution in [1.82, 2.24) is 15.1 Å². The minimum atomic E-state index is -0.288. The molecule has 0 amide bonds. The van der Waals surface area contributed by atoms with Crippen LogP contribution in [-0.4, -0.2) is 41.4 Å². The monoisotopic (exact) mass is 295 g/mol. The fraction of sp³-hybridized carbons (Fsp3) is 0.786. The summed E-state index contributed by atoms with van der Waals surface area (Å²) in [6.07, 6.45) is 3.05. The van der Waals surface area contributed by atoms with Gasteiger partial charge in [0, 0.05) is 19.6 Å². The summed E-state index contributed by atoms with van der Waals surface area (Å²) in [5.74, 6) is 1.36. The molecule has 0 radical (unpaired) electrons. The van der Waals surface area contributed by atoms with Crippen LogP contribution in [0.25, 0.3) is 0 Å². The standard InChI is InChI=1S/C14H25N5O2/c1-4-7-18-14(13(19(20)21)11(2)16-18)17-8-5-12(6-9-17)10-15-3/h12,15H,4-10H2,1-3H3. The van der Waals surface area contributed by atoms with E-state index in [0.717, 1.165) is 45.4 Å². The second-order valence-electron chi connectivity index (χ2n) is 5.73. The Morgan fingerprint density at radius 3 is 2.62 bits per heavy atom. The minimum absolute atomic E-state index is 0.176. The van der Waals surface area contributed by atoms with Gasteiger partial charge in [-0.1, -0.05) is 6.92 Å². The van der Waals surface area contributed by atoms with E-state index in [-0.39, 0.29) is 10.6 Å². The van der Waals surface area contributed by atoms with E-state index in [0.29, 0.717) is 17.4 Å². The molecule has 1 aliphatic heterocycles. The number of nitrogens with one attached hydrogen (secondary N) is 1. The Balaban J connectivity index is 2.24. The van der Waals surface area contributed by atoms with Gasteiger partial charge in [-0.2, -0.15) is 5.10 Å². The maximum Gasteiger partial charge on any atom is 0.333 e. The maximum absolute atomic E-state index is 11.4. The van der Waals surface area contributed by atoms with E-state index in [1.54, 1.807) is 6.92 Å². The fourth-order valence-electron chi connectivity index (χ4n) is 3.09. The van der Waals surface area contributed by atoms with E-state index in [2.05, 4.69) is 22.2 Å². The van der Waals surface area contributed by atoms with E-state index in [9.17, 15) is 10.1 Å². The number of hydrogen-bond acceptors (Lipinski definition) is 5. The Bertz CT molecular complexity index is 492. The summed E-state index contributed by atoms with van der Waals surface area (Å²) in [4.78, 5) is 13.2. The summed E-state index contributed by atoms with van der Waals surface area (Å²) in [6, 6.07) is 0. The summed E-state index contributed by atoms with van der Waals surface area (Å²) in [6.45, 7) is 7.25. The van der Waals surface area contributed by atoms with Crippen molar-refractivity contribution in [3.05, 3.63) is 15.8 Å². The molecular weight excluding hydrogens is 270 g/mol. The van der Waals surface area contributed by atoms with Crippen LogP contribution in [0.5, 0.6) is 0 Å². The molecule has 7 heteroatoms. The topological polar surface area (TPSA) is 76.2 Å². The highest BCUT2D eigenvalue weighted by Crippen LogP contribution is 2.34. The lowest BCUT2D eigenvalue weighted by Gasteiger charge is -2.33. The third-order valence-electron chi connectivity index (χ3n) is 4.09. The van der Waals surface area contributed by atoms with Gasteiger partial charge >= 0.3 is 5.69 Å². The third kappa shape index (κ3) is 3.34. The Hall–Kier alpha value is -1.63. The van der Waals surface area contributed by atoms with Gasteiger partial charge in [-0.25, -0.2) is 4.68 Å². The molecule has 2 rings (SSSR count). The SMILES string of the molecule is CCCn1nc(C)c([N+](=O)[O-])c1N1CCC(CNC)CC1. The van der Waals surface area contributed by atoms with Crippen molar-refractivity contribution in [2.75, 3.05) is 31.6 Å². The van der Waals surface area contributed by atoms with Crippen LogP contribution in [0, 0.1) is 23.0 Å². The predicted molar refractivity (Wildman–Crippen MR) is 82.8 cm³/mol. The van der Waals surface area contributed by atoms with Gasteiger partial charge in [0.2, 0.25) is 5.82 Å². The minimum Gasteiger partial charge on any atom is -0.351 e. The quantitative estimate of drug-likeness (QED) is 0.641. The van der Waals surface area contributed by atoms with Crippen molar-refractivity contribution >= 4 is 11.5 Å². The van der Waals surface area contributed by atoms with Gasteiger partial charge in [0.15, 0.2) is 0 Å². The number of piperidine rings is 1. The van der Waals surface area contributed by atoms with Crippen LogP contribution in [0.2, 0.25) is 0 Å². The van der Waals surface area contributed by atoms with Crippen LogP contribution in [0.15, 0.2) is 0 Å². The molecule has 1 saturated heterocycles. The third-order valence-corrected chi connectivity index (χ3v) is 4.09. The molecule has 0 bridgehead atoms. The normalized spacial score (nSPS) is 16.4. The second-order valence-corrected chi connectivity index (χ2v) is 5.73. The first-order valence-electron chi connectivity index (χ1n) is 7.69. The van der Waals surface area contributed by atoms with Gasteiger partial charge in [0.1, 0.15) is 5.69 Å². The zero-order valence-electron chi connectivity index (χ0n) is 13.1. The molecule has 21 heavy (non-hydrogen) atoms. The highest BCUT2D eigenvalue weighted by molar-refractivity contribution is 5.61. The van der Waals surface area contributed by atoms with Crippen LogP contribution >= 0.6 is 0 Å². The smallest absolute Gasteiger partial charge is 0.333 e. The number of aromatic nitrogens is 2. The van der Waals surface area contributed by atoms with Crippen LogP contribution in [0.4, 0.5) is 11.5 Å². The number of rotatable bonds is 6. The molecular formula is C14H25N5O2. The zero-order valence-corrected chi connectivity index (χ0v) is 13.1. The van der Waals surface area contributed by atoms with Crippen molar-refractivity contribution in [2.45, 2.75) is 39.7 Å². The summed E-state index contributed by atoms with van der Waals surface area (Å²) in [5.41, 5.74) is 0.691. The molecule has 1 aromatic rings. The van der Waals surface area contributed by atoms with Gasteiger partial charge in [0.25, 0.3) is 0 Å². The molecule has 1 aliphatic rings. The molecule has 0 atom stereocenters. The molecule has 0 unspecified atom stereocenters. The first-order valence-corrected chi connectivity index (χ1v) is 7.69. The van der Waals surface area contributed by atoms with Gasteiger partial charge < -0.3 is 10.2 Å². The number of nitrogens with zero attached hydrogens (tertiary/aromatic N) is 4. The number of aryl methyl sites for hydroxylation is 2. The molecule has 2 heterocycles. The van der Waals surface area contributed by atoms with Crippen LogP contribution in [0.1, 0.15) is 31.9 Å². The van der Waals surface area contributed by atoms with Gasteiger partial charge in [-0.05, 0) is 45.7 Å². The van der Waals surface area contributed by atoms with Crippen molar-refractivity contribution in [2.24, 2.45) is 5.92 Å². The van der Waals surface area contributed by atoms with Crippen molar-refractivity contribution in [1.29, 1.82) is 0 Å². The van der Waals surface area contributed by atoms with Gasteiger partial charge in [0.05, 0.1) is 4.92 Å². The largest absolute Gasteiger partial charge is 0.351 e. The van der Waals surface area contributed by atoms with Gasteiger partial charge in [-0.15, -0.1) is 0 Å². The lowest BCUT2D eigenvalue weighted by Crippen LogP contribution is -2.38. The molecule has 0 saturated carbocycles. The highest BCUT2D eigenvalue weighted by Gasteiger charge is 2.31. The molecule has 1 fully saturated rings. The van der Waals surface area contributed by atoms with Crippen LogP contribution < -0.4 is 10.2 Å². The Kier molecular flexibility index (Phi) is 5.17. The van der Waals surface area contributed by atoms with E-state index in [1.807, 2.05) is 11.7 Å². The van der Waals surface area contributed by atoms with E-state index >= 15 is 0 Å². The lowest BCUT2D eigenvalue weighted by molar-refractivity contribution is -0.384. The summed E-state index contributed by atoms with van der Waals surface area (Å²) < 4.78 is 1.81. The first kappa shape index (κ1) is 15.8. The Morgan fingerprint density at radius 1 is 1.43 bits per heavy atom. The average Bonchev–Trinajstić information content (AvgIpc) is 2.77. The fourth-order valence-corrected chi connectivity index (χ4v) is 3.09. The number of nitro groups is 1. The molecule has 0 aromatic carbocycles. The van der Waals surface area contributed by atoms with Crippen LogP contribution in [0.3, 0.4) is 0 Å². The van der Waals surface area contributed by atoms with Gasteiger partial charge in [-0.3, -0.25) is 10.1 Å². The molecule has 7 nitrogen and oxygen atoms in total. The summed E-state index contributed by atoms with van der Waals surface area (Å²) >= 11 is 0. The second kappa shape index (κ2) is 6.89. The molecule has 0 aliphatic carbocycles. The van der Waals surface area contributed by atoms with E-state index in [4.69, 9.17) is 0 Å². The predicted octanol–water partition coefficient (Wildman–Crippen LogP) is 1.95. The Morgan fingerprint density at radius 2 is 2.10 bits per heavy atom.